The first-order valence-corrected chi connectivity index (χ1v) is 8.87. The molecule has 1 aromatic carbocycles. The monoisotopic (exact) mass is 336 g/mol. The van der Waals surface area contributed by atoms with Gasteiger partial charge >= 0.3 is 5.97 Å². The molecular weight excluding hydrogens is 304 g/mol. The summed E-state index contributed by atoms with van der Waals surface area (Å²) in [5.74, 6) is 1.47. The molecule has 0 fully saturated rings. The Morgan fingerprint density at radius 1 is 1.08 bits per heavy atom. The van der Waals surface area contributed by atoms with E-state index in [9.17, 15) is 4.79 Å². The number of esters is 1. The third-order valence-electron chi connectivity index (χ3n) is 3.63. The molecule has 0 aliphatic carbocycles. The summed E-state index contributed by atoms with van der Waals surface area (Å²) in [5, 5.41) is 0. The summed E-state index contributed by atoms with van der Waals surface area (Å²) in [6.45, 7) is 12.6. The third-order valence-corrected chi connectivity index (χ3v) is 3.63. The van der Waals surface area contributed by atoms with Crippen molar-refractivity contribution in [2.75, 3.05) is 13.2 Å². The summed E-state index contributed by atoms with van der Waals surface area (Å²) in [7, 11) is 0. The molecular formula is C20H32O4. The molecule has 0 aromatic heterocycles. The first-order chi connectivity index (χ1) is 11.2. The second-order valence-corrected chi connectivity index (χ2v) is 7.12. The van der Waals surface area contributed by atoms with Gasteiger partial charge in [0.1, 0.15) is 17.1 Å². The lowest BCUT2D eigenvalue weighted by atomic mass is 9.98. The molecule has 0 aliphatic rings. The Morgan fingerprint density at radius 3 is 2.25 bits per heavy atom. The number of unbranched alkanes of at least 4 members (excludes halogenated alkanes) is 1. The van der Waals surface area contributed by atoms with E-state index < -0.39 is 5.60 Å². The van der Waals surface area contributed by atoms with Crippen molar-refractivity contribution in [2.24, 2.45) is 0 Å². The van der Waals surface area contributed by atoms with Crippen molar-refractivity contribution in [3.63, 3.8) is 0 Å². The smallest absolute Gasteiger partial charge is 0.344 e. The van der Waals surface area contributed by atoms with Crippen LogP contribution in [0.2, 0.25) is 0 Å². The van der Waals surface area contributed by atoms with E-state index in [1.54, 1.807) is 0 Å². The van der Waals surface area contributed by atoms with Gasteiger partial charge in [0.2, 0.25) is 0 Å². The largest absolute Gasteiger partial charge is 0.493 e. The zero-order valence-electron chi connectivity index (χ0n) is 16.0. The van der Waals surface area contributed by atoms with E-state index in [2.05, 4.69) is 26.8 Å². The minimum absolute atomic E-state index is 0.102. The lowest BCUT2D eigenvalue weighted by Crippen LogP contribution is -2.27. The fraction of sp³-hybridized carbons (Fsp3) is 0.650. The standard InChI is InChI=1S/C20H32O4/c1-7-9-10-22-17-11-16(15(3)8-2)12-18(13-17)23-14-19(21)24-20(4,5)6/h11-13,15H,7-10,14H2,1-6H3. The predicted octanol–water partition coefficient (Wildman–Crippen LogP) is 5.10. The van der Waals surface area contributed by atoms with Crippen LogP contribution in [0.4, 0.5) is 0 Å². The minimum Gasteiger partial charge on any atom is -0.493 e. The first-order valence-electron chi connectivity index (χ1n) is 8.87. The second kappa shape index (κ2) is 9.55. The van der Waals surface area contributed by atoms with Crippen LogP contribution in [0.5, 0.6) is 11.5 Å². The van der Waals surface area contributed by atoms with Crippen LogP contribution >= 0.6 is 0 Å². The summed E-state index contributed by atoms with van der Waals surface area (Å²) in [5.41, 5.74) is 0.652. The van der Waals surface area contributed by atoms with Gasteiger partial charge in [0.15, 0.2) is 6.61 Å². The van der Waals surface area contributed by atoms with Gasteiger partial charge in [-0.1, -0.05) is 27.2 Å². The maximum absolute atomic E-state index is 11.8. The summed E-state index contributed by atoms with van der Waals surface area (Å²) in [6, 6.07) is 5.88. The molecule has 0 radical (unpaired) electrons. The lowest BCUT2D eigenvalue weighted by molar-refractivity contribution is -0.157. The number of hydrogen-bond acceptors (Lipinski definition) is 4. The van der Waals surface area contributed by atoms with Gasteiger partial charge in [-0.15, -0.1) is 0 Å². The van der Waals surface area contributed by atoms with Crippen molar-refractivity contribution in [3.8, 4) is 11.5 Å². The van der Waals surface area contributed by atoms with Crippen LogP contribution in [0.1, 0.15) is 72.3 Å². The van der Waals surface area contributed by atoms with Gasteiger partial charge < -0.3 is 14.2 Å². The van der Waals surface area contributed by atoms with Crippen molar-refractivity contribution < 1.29 is 19.0 Å². The van der Waals surface area contributed by atoms with Crippen LogP contribution in [0.3, 0.4) is 0 Å². The molecule has 0 spiro atoms. The molecule has 24 heavy (non-hydrogen) atoms. The van der Waals surface area contributed by atoms with Crippen LogP contribution in [0.25, 0.3) is 0 Å². The van der Waals surface area contributed by atoms with Crippen LogP contribution < -0.4 is 9.47 Å². The highest BCUT2D eigenvalue weighted by molar-refractivity contribution is 5.71. The van der Waals surface area contributed by atoms with Gasteiger partial charge in [-0.25, -0.2) is 4.79 Å². The molecule has 1 unspecified atom stereocenters. The molecule has 0 saturated carbocycles. The Morgan fingerprint density at radius 2 is 1.71 bits per heavy atom. The zero-order chi connectivity index (χ0) is 18.2. The molecule has 0 aliphatic heterocycles. The van der Waals surface area contributed by atoms with Crippen molar-refractivity contribution >= 4 is 5.97 Å². The highest BCUT2D eigenvalue weighted by Gasteiger charge is 2.17. The van der Waals surface area contributed by atoms with Crippen molar-refractivity contribution in [1.29, 1.82) is 0 Å². The van der Waals surface area contributed by atoms with Gasteiger partial charge in [0.05, 0.1) is 6.61 Å². The van der Waals surface area contributed by atoms with E-state index >= 15 is 0 Å². The highest BCUT2D eigenvalue weighted by atomic mass is 16.6. The zero-order valence-corrected chi connectivity index (χ0v) is 16.0. The Balaban J connectivity index is 2.80. The molecule has 1 atom stereocenters. The van der Waals surface area contributed by atoms with Crippen molar-refractivity contribution in [1.82, 2.24) is 0 Å². The molecule has 136 valence electrons. The topological polar surface area (TPSA) is 44.8 Å². The minimum atomic E-state index is -0.507. The summed E-state index contributed by atoms with van der Waals surface area (Å²) in [6.07, 6.45) is 3.14. The fourth-order valence-electron chi connectivity index (χ4n) is 2.13. The lowest BCUT2D eigenvalue weighted by Gasteiger charge is -2.20. The molecule has 0 amide bonds. The van der Waals surface area contributed by atoms with E-state index in [4.69, 9.17) is 14.2 Å². The number of rotatable bonds is 9. The van der Waals surface area contributed by atoms with Crippen LogP contribution in [-0.2, 0) is 9.53 Å². The Bertz CT molecular complexity index is 517. The van der Waals surface area contributed by atoms with E-state index in [1.807, 2.05) is 32.9 Å². The number of carbonyl (C=O) groups excluding carboxylic acids is 1. The van der Waals surface area contributed by atoms with Gasteiger partial charge in [-0.05, 0) is 57.2 Å². The third kappa shape index (κ3) is 7.71. The molecule has 4 heteroatoms. The average Bonchev–Trinajstić information content (AvgIpc) is 2.50. The van der Waals surface area contributed by atoms with E-state index in [1.165, 1.54) is 0 Å². The number of carbonyl (C=O) groups is 1. The van der Waals surface area contributed by atoms with Gasteiger partial charge in [-0.3, -0.25) is 0 Å². The highest BCUT2D eigenvalue weighted by Crippen LogP contribution is 2.29. The normalized spacial score (nSPS) is 12.6. The average molecular weight is 336 g/mol. The quantitative estimate of drug-likeness (QED) is 0.465. The second-order valence-electron chi connectivity index (χ2n) is 7.12. The summed E-state index contributed by atoms with van der Waals surface area (Å²) in [4.78, 5) is 11.8. The van der Waals surface area contributed by atoms with E-state index in [0.717, 1.165) is 30.6 Å². The SMILES string of the molecule is CCCCOc1cc(OCC(=O)OC(C)(C)C)cc(C(C)CC)c1. The maximum atomic E-state index is 11.8. The van der Waals surface area contributed by atoms with Crippen LogP contribution in [-0.4, -0.2) is 24.8 Å². The molecule has 0 N–H and O–H groups in total. The number of hydrogen-bond donors (Lipinski definition) is 0. The molecule has 0 saturated heterocycles. The van der Waals surface area contributed by atoms with Gasteiger partial charge in [0, 0.05) is 6.07 Å². The molecule has 1 aromatic rings. The van der Waals surface area contributed by atoms with Gasteiger partial charge in [-0.2, -0.15) is 0 Å². The van der Waals surface area contributed by atoms with E-state index in [0.29, 0.717) is 18.3 Å². The molecule has 0 bridgehead atoms. The summed E-state index contributed by atoms with van der Waals surface area (Å²) >= 11 is 0. The van der Waals surface area contributed by atoms with Crippen molar-refractivity contribution in [2.45, 2.75) is 72.3 Å². The fourth-order valence-corrected chi connectivity index (χ4v) is 2.13. The van der Waals surface area contributed by atoms with Gasteiger partial charge in [0.25, 0.3) is 0 Å². The van der Waals surface area contributed by atoms with E-state index in [-0.39, 0.29) is 12.6 Å². The maximum Gasteiger partial charge on any atom is 0.344 e. The molecule has 1 rings (SSSR count). The predicted molar refractivity (Wildman–Crippen MR) is 96.9 cm³/mol. The van der Waals surface area contributed by atoms with Crippen molar-refractivity contribution in [3.05, 3.63) is 23.8 Å². The Labute approximate surface area is 146 Å². The Hall–Kier alpha value is -1.71. The van der Waals surface area contributed by atoms with Crippen LogP contribution in [0, 0.1) is 0 Å². The molecule has 0 heterocycles. The number of ether oxygens (including phenoxy) is 3. The number of benzene rings is 1. The summed E-state index contributed by atoms with van der Waals surface area (Å²) < 4.78 is 16.7. The first kappa shape index (κ1) is 20.3. The van der Waals surface area contributed by atoms with Crippen LogP contribution in [0.15, 0.2) is 18.2 Å². The Kier molecular flexibility index (Phi) is 8.09. The molecule has 4 nitrogen and oxygen atoms in total.